The third-order valence-electron chi connectivity index (χ3n) is 4.57. The number of aliphatic hydroxyl groups excluding tert-OH is 1. The molecular formula is C18H13F3N4O2. The molecule has 0 radical (unpaired) electrons. The van der Waals surface area contributed by atoms with E-state index in [1.165, 1.54) is 28.9 Å². The molecule has 0 saturated heterocycles. The molecule has 27 heavy (non-hydrogen) atoms. The zero-order valence-electron chi connectivity index (χ0n) is 13.8. The number of hydrogen-bond acceptors (Lipinski definition) is 5. The Balaban J connectivity index is 1.77. The van der Waals surface area contributed by atoms with E-state index < -0.39 is 6.36 Å². The first-order valence-corrected chi connectivity index (χ1v) is 8.17. The van der Waals surface area contributed by atoms with Crippen LogP contribution in [0.4, 0.5) is 13.2 Å². The van der Waals surface area contributed by atoms with Gasteiger partial charge in [-0.2, -0.15) is 10.4 Å². The summed E-state index contributed by atoms with van der Waals surface area (Å²) < 4.78 is 42.2. The number of pyridine rings is 1. The molecule has 138 valence electrons. The van der Waals surface area contributed by atoms with Gasteiger partial charge < -0.3 is 9.84 Å². The SMILES string of the molecule is N#Cc1nn(-c2ccc(OC(F)(F)F)cc2)c2nccc([C@H]3C[C@H](O)C3)c12. The van der Waals surface area contributed by atoms with Crippen LogP contribution in [0.5, 0.6) is 5.75 Å². The summed E-state index contributed by atoms with van der Waals surface area (Å²) >= 11 is 0. The van der Waals surface area contributed by atoms with E-state index in [0.717, 1.165) is 5.56 Å². The second-order valence-electron chi connectivity index (χ2n) is 6.33. The van der Waals surface area contributed by atoms with Gasteiger partial charge in [-0.1, -0.05) is 0 Å². The summed E-state index contributed by atoms with van der Waals surface area (Å²) in [6, 6.07) is 9.04. The smallest absolute Gasteiger partial charge is 0.406 e. The number of rotatable bonds is 3. The van der Waals surface area contributed by atoms with Gasteiger partial charge in [-0.15, -0.1) is 13.2 Å². The number of halogens is 3. The van der Waals surface area contributed by atoms with Crippen molar-refractivity contribution in [3.8, 4) is 17.5 Å². The fourth-order valence-electron chi connectivity index (χ4n) is 3.29. The molecule has 0 aliphatic heterocycles. The molecular weight excluding hydrogens is 361 g/mol. The lowest BCUT2D eigenvalue weighted by Crippen LogP contribution is -2.26. The van der Waals surface area contributed by atoms with Gasteiger partial charge in [0.25, 0.3) is 0 Å². The summed E-state index contributed by atoms with van der Waals surface area (Å²) in [4.78, 5) is 4.30. The summed E-state index contributed by atoms with van der Waals surface area (Å²) in [6.07, 6.45) is -2.29. The number of fused-ring (bicyclic) bond motifs is 1. The molecule has 0 atom stereocenters. The molecule has 0 unspecified atom stereocenters. The highest BCUT2D eigenvalue weighted by atomic mass is 19.4. The standard InChI is InChI=1S/C18H13F3N4O2/c19-18(20,21)27-13-3-1-11(2-4-13)25-17-16(15(9-22)24-25)14(5-6-23-17)10-7-12(26)8-10/h1-6,10,12,26H,7-8H2/t10-,12-. The lowest BCUT2D eigenvalue weighted by atomic mass is 9.77. The highest BCUT2D eigenvalue weighted by Gasteiger charge is 2.32. The van der Waals surface area contributed by atoms with Gasteiger partial charge in [0.05, 0.1) is 17.2 Å². The fourth-order valence-corrected chi connectivity index (χ4v) is 3.29. The van der Waals surface area contributed by atoms with E-state index >= 15 is 0 Å². The van der Waals surface area contributed by atoms with Gasteiger partial charge in [0.2, 0.25) is 0 Å². The van der Waals surface area contributed by atoms with Crippen LogP contribution in [0.1, 0.15) is 30.0 Å². The van der Waals surface area contributed by atoms with Crippen LogP contribution in [0.3, 0.4) is 0 Å². The minimum absolute atomic E-state index is 0.123. The van der Waals surface area contributed by atoms with E-state index in [-0.39, 0.29) is 23.5 Å². The van der Waals surface area contributed by atoms with Crippen LogP contribution in [-0.4, -0.2) is 32.3 Å². The first-order chi connectivity index (χ1) is 12.9. The summed E-state index contributed by atoms with van der Waals surface area (Å²) in [6.45, 7) is 0. The molecule has 1 aliphatic carbocycles. The van der Waals surface area contributed by atoms with Gasteiger partial charge in [0.1, 0.15) is 11.8 Å². The molecule has 0 bridgehead atoms. The number of nitrogens with zero attached hydrogens (tertiary/aromatic N) is 4. The number of alkyl halides is 3. The predicted molar refractivity (Wildman–Crippen MR) is 88.2 cm³/mol. The molecule has 1 aromatic carbocycles. The average molecular weight is 374 g/mol. The Morgan fingerprint density at radius 1 is 1.19 bits per heavy atom. The van der Waals surface area contributed by atoms with Gasteiger partial charge in [-0.05, 0) is 54.7 Å². The molecule has 6 nitrogen and oxygen atoms in total. The monoisotopic (exact) mass is 374 g/mol. The zero-order chi connectivity index (χ0) is 19.2. The first kappa shape index (κ1) is 17.3. The number of benzene rings is 1. The third kappa shape index (κ3) is 3.19. The molecule has 9 heteroatoms. The van der Waals surface area contributed by atoms with E-state index in [2.05, 4.69) is 14.8 Å². The Hall–Kier alpha value is -3.12. The van der Waals surface area contributed by atoms with Crippen molar-refractivity contribution in [2.24, 2.45) is 0 Å². The van der Waals surface area contributed by atoms with Gasteiger partial charge in [0.15, 0.2) is 11.3 Å². The van der Waals surface area contributed by atoms with Crippen LogP contribution in [0.15, 0.2) is 36.5 Å². The van der Waals surface area contributed by atoms with E-state index in [1.807, 2.05) is 12.1 Å². The number of nitriles is 1. The maximum absolute atomic E-state index is 12.3. The summed E-state index contributed by atoms with van der Waals surface area (Å²) in [5.41, 5.74) is 1.97. The van der Waals surface area contributed by atoms with Crippen molar-refractivity contribution >= 4 is 11.0 Å². The third-order valence-corrected chi connectivity index (χ3v) is 4.57. The lowest BCUT2D eigenvalue weighted by Gasteiger charge is -2.32. The molecule has 1 fully saturated rings. The molecule has 4 rings (SSSR count). The molecule has 1 saturated carbocycles. The van der Waals surface area contributed by atoms with Crippen LogP contribution < -0.4 is 4.74 Å². The van der Waals surface area contributed by atoms with Crippen LogP contribution in [0.2, 0.25) is 0 Å². The molecule has 2 heterocycles. The van der Waals surface area contributed by atoms with Crippen molar-refractivity contribution in [1.29, 1.82) is 5.26 Å². The zero-order valence-corrected chi connectivity index (χ0v) is 13.8. The van der Waals surface area contributed by atoms with Gasteiger partial charge >= 0.3 is 6.36 Å². The Kier molecular flexibility index (Phi) is 4.00. The Morgan fingerprint density at radius 3 is 2.48 bits per heavy atom. The minimum atomic E-state index is -4.77. The van der Waals surface area contributed by atoms with Crippen molar-refractivity contribution in [1.82, 2.24) is 14.8 Å². The molecule has 1 aliphatic rings. The second-order valence-corrected chi connectivity index (χ2v) is 6.33. The molecule has 0 amide bonds. The average Bonchev–Trinajstić information content (AvgIpc) is 2.97. The van der Waals surface area contributed by atoms with E-state index in [4.69, 9.17) is 0 Å². The van der Waals surface area contributed by atoms with Crippen molar-refractivity contribution in [2.45, 2.75) is 31.2 Å². The van der Waals surface area contributed by atoms with Crippen molar-refractivity contribution < 1.29 is 23.0 Å². The number of ether oxygens (including phenoxy) is 1. The van der Waals surface area contributed by atoms with Crippen molar-refractivity contribution in [2.75, 3.05) is 0 Å². The summed E-state index contributed by atoms with van der Waals surface area (Å²) in [7, 11) is 0. The highest BCUT2D eigenvalue weighted by Crippen LogP contribution is 2.40. The summed E-state index contributed by atoms with van der Waals surface area (Å²) in [5.74, 6) is -0.224. The molecule has 2 aromatic heterocycles. The van der Waals surface area contributed by atoms with Gasteiger partial charge in [-0.3, -0.25) is 0 Å². The largest absolute Gasteiger partial charge is 0.573 e. The summed E-state index contributed by atoms with van der Waals surface area (Å²) in [5, 5.41) is 23.9. The Bertz CT molecular complexity index is 1030. The Morgan fingerprint density at radius 2 is 1.89 bits per heavy atom. The lowest BCUT2D eigenvalue weighted by molar-refractivity contribution is -0.274. The highest BCUT2D eigenvalue weighted by molar-refractivity contribution is 5.86. The predicted octanol–water partition coefficient (Wildman–Crippen LogP) is 3.43. The number of aromatic nitrogens is 3. The van der Waals surface area contributed by atoms with E-state index in [1.54, 1.807) is 6.20 Å². The molecule has 1 N–H and O–H groups in total. The number of hydrogen-bond donors (Lipinski definition) is 1. The van der Waals surface area contributed by atoms with E-state index in [9.17, 15) is 23.5 Å². The maximum atomic E-state index is 12.3. The topological polar surface area (TPSA) is 84.0 Å². The quantitative estimate of drug-likeness (QED) is 0.759. The van der Waals surface area contributed by atoms with Gasteiger partial charge in [-0.25, -0.2) is 9.67 Å². The van der Waals surface area contributed by atoms with E-state index in [0.29, 0.717) is 29.6 Å². The van der Waals surface area contributed by atoms with Crippen molar-refractivity contribution in [3.05, 3.63) is 47.8 Å². The van der Waals surface area contributed by atoms with Crippen molar-refractivity contribution in [3.63, 3.8) is 0 Å². The maximum Gasteiger partial charge on any atom is 0.573 e. The number of aliphatic hydroxyl groups is 1. The van der Waals surface area contributed by atoms with Crippen LogP contribution in [0.25, 0.3) is 16.7 Å². The molecule has 0 spiro atoms. The van der Waals surface area contributed by atoms with Crippen LogP contribution in [-0.2, 0) is 0 Å². The molecule has 3 aromatic rings. The first-order valence-electron chi connectivity index (χ1n) is 8.17. The van der Waals surface area contributed by atoms with Crippen LogP contribution >= 0.6 is 0 Å². The second kappa shape index (κ2) is 6.25. The van der Waals surface area contributed by atoms with Crippen LogP contribution in [0, 0.1) is 11.3 Å². The fraction of sp³-hybridized carbons (Fsp3) is 0.278. The normalized spacial score (nSPS) is 19.5. The Labute approximate surface area is 151 Å². The van der Waals surface area contributed by atoms with Gasteiger partial charge in [0, 0.05) is 6.20 Å². The minimum Gasteiger partial charge on any atom is -0.406 e.